The summed E-state index contributed by atoms with van der Waals surface area (Å²) in [6.07, 6.45) is 6.46. The molecule has 0 spiro atoms. The van der Waals surface area contributed by atoms with Crippen molar-refractivity contribution >= 4 is 11.8 Å². The number of nitrogens with one attached hydrogen (secondary N) is 2. The summed E-state index contributed by atoms with van der Waals surface area (Å²) in [5, 5.41) is 5.75. The first-order valence-electron chi connectivity index (χ1n) is 8.02. The Balaban J connectivity index is 1.68. The molecule has 6 heteroatoms. The average molecular weight is 296 g/mol. The van der Waals surface area contributed by atoms with E-state index < -0.39 is 0 Å². The van der Waals surface area contributed by atoms with E-state index in [1.807, 2.05) is 0 Å². The fourth-order valence-corrected chi connectivity index (χ4v) is 3.37. The summed E-state index contributed by atoms with van der Waals surface area (Å²) in [6, 6.07) is 0.225. The van der Waals surface area contributed by atoms with Crippen LogP contribution in [0.25, 0.3) is 0 Å². The summed E-state index contributed by atoms with van der Waals surface area (Å²) in [5.41, 5.74) is 5.97. The summed E-state index contributed by atoms with van der Waals surface area (Å²) in [7, 11) is 1.65. The number of carbonyl (C=O) groups excluding carboxylic acids is 2. The first-order valence-corrected chi connectivity index (χ1v) is 8.02. The van der Waals surface area contributed by atoms with Crippen molar-refractivity contribution in [2.75, 3.05) is 26.7 Å². The van der Waals surface area contributed by atoms with Gasteiger partial charge in [0, 0.05) is 38.1 Å². The Labute approximate surface area is 126 Å². The number of piperidine rings is 1. The maximum absolute atomic E-state index is 12.1. The Morgan fingerprint density at radius 3 is 2.38 bits per heavy atom. The molecule has 0 unspecified atom stereocenters. The SMILES string of the molecule is CNC(=O)CN1CCC(NC(=O)CC2(N)CCCC2)CC1. The van der Waals surface area contributed by atoms with E-state index in [1.54, 1.807) is 7.05 Å². The molecule has 6 nitrogen and oxygen atoms in total. The van der Waals surface area contributed by atoms with E-state index in [4.69, 9.17) is 5.73 Å². The van der Waals surface area contributed by atoms with Gasteiger partial charge in [-0.25, -0.2) is 0 Å². The highest BCUT2D eigenvalue weighted by Crippen LogP contribution is 2.30. The second-order valence-corrected chi connectivity index (χ2v) is 6.54. The lowest BCUT2D eigenvalue weighted by molar-refractivity contribution is -0.124. The van der Waals surface area contributed by atoms with Gasteiger partial charge in [0.1, 0.15) is 0 Å². The molecular formula is C15H28N4O2. The second-order valence-electron chi connectivity index (χ2n) is 6.54. The van der Waals surface area contributed by atoms with Gasteiger partial charge in [-0.15, -0.1) is 0 Å². The zero-order chi connectivity index (χ0) is 15.3. The van der Waals surface area contributed by atoms with E-state index in [0.717, 1.165) is 51.6 Å². The van der Waals surface area contributed by atoms with E-state index in [9.17, 15) is 9.59 Å². The van der Waals surface area contributed by atoms with E-state index in [2.05, 4.69) is 15.5 Å². The Bertz CT molecular complexity index is 372. The number of rotatable bonds is 5. The van der Waals surface area contributed by atoms with Crippen LogP contribution in [0.1, 0.15) is 44.9 Å². The predicted octanol–water partition coefficient (Wildman–Crippen LogP) is -0.0254. The lowest BCUT2D eigenvalue weighted by Gasteiger charge is -2.32. The molecule has 1 saturated heterocycles. The first kappa shape index (κ1) is 16.2. The Morgan fingerprint density at radius 2 is 1.81 bits per heavy atom. The third-order valence-electron chi connectivity index (χ3n) is 4.71. The summed E-state index contributed by atoms with van der Waals surface area (Å²) in [6.45, 7) is 2.15. The molecule has 21 heavy (non-hydrogen) atoms. The molecule has 0 atom stereocenters. The van der Waals surface area contributed by atoms with Gasteiger partial charge < -0.3 is 16.4 Å². The van der Waals surface area contributed by atoms with Gasteiger partial charge in [-0.1, -0.05) is 12.8 Å². The van der Waals surface area contributed by atoms with Crippen LogP contribution >= 0.6 is 0 Å². The van der Waals surface area contributed by atoms with Crippen LogP contribution < -0.4 is 16.4 Å². The number of nitrogens with two attached hydrogens (primary N) is 1. The lowest BCUT2D eigenvalue weighted by Crippen LogP contribution is -2.49. The zero-order valence-electron chi connectivity index (χ0n) is 13.0. The Morgan fingerprint density at radius 1 is 1.19 bits per heavy atom. The fraction of sp³-hybridized carbons (Fsp3) is 0.867. The molecule has 0 aromatic rings. The monoisotopic (exact) mass is 296 g/mol. The van der Waals surface area contributed by atoms with Crippen LogP contribution in [0.2, 0.25) is 0 Å². The molecule has 1 aliphatic heterocycles. The average Bonchev–Trinajstić information content (AvgIpc) is 2.87. The van der Waals surface area contributed by atoms with Gasteiger partial charge in [0.2, 0.25) is 11.8 Å². The molecule has 0 aromatic heterocycles. The molecule has 0 radical (unpaired) electrons. The normalized spacial score (nSPS) is 23.0. The quantitative estimate of drug-likeness (QED) is 0.665. The molecular weight excluding hydrogens is 268 g/mol. The topological polar surface area (TPSA) is 87.5 Å². The van der Waals surface area contributed by atoms with Gasteiger partial charge >= 0.3 is 0 Å². The van der Waals surface area contributed by atoms with Crippen LogP contribution in [0, 0.1) is 0 Å². The largest absolute Gasteiger partial charge is 0.358 e. The predicted molar refractivity (Wildman–Crippen MR) is 81.7 cm³/mol. The highest BCUT2D eigenvalue weighted by atomic mass is 16.2. The van der Waals surface area contributed by atoms with Crippen LogP contribution in [-0.4, -0.2) is 55.0 Å². The molecule has 0 bridgehead atoms. The number of amides is 2. The molecule has 120 valence electrons. The van der Waals surface area contributed by atoms with E-state index in [1.165, 1.54) is 0 Å². The lowest BCUT2D eigenvalue weighted by atomic mass is 9.94. The molecule has 2 aliphatic rings. The molecule has 1 heterocycles. The number of hydrogen-bond donors (Lipinski definition) is 3. The molecule has 4 N–H and O–H groups in total. The summed E-state index contributed by atoms with van der Waals surface area (Å²) < 4.78 is 0. The summed E-state index contributed by atoms with van der Waals surface area (Å²) in [4.78, 5) is 25.6. The van der Waals surface area contributed by atoms with Crippen molar-refractivity contribution in [2.45, 2.75) is 56.5 Å². The van der Waals surface area contributed by atoms with Gasteiger partial charge in [0.05, 0.1) is 6.54 Å². The third kappa shape index (κ3) is 4.97. The maximum Gasteiger partial charge on any atom is 0.233 e. The minimum atomic E-state index is -0.274. The highest BCUT2D eigenvalue weighted by Gasteiger charge is 2.32. The smallest absolute Gasteiger partial charge is 0.233 e. The van der Waals surface area contributed by atoms with Crippen molar-refractivity contribution < 1.29 is 9.59 Å². The van der Waals surface area contributed by atoms with Gasteiger partial charge in [0.25, 0.3) is 0 Å². The molecule has 2 fully saturated rings. The van der Waals surface area contributed by atoms with Crippen LogP contribution in [0.15, 0.2) is 0 Å². The van der Waals surface area contributed by atoms with Crippen LogP contribution in [-0.2, 0) is 9.59 Å². The van der Waals surface area contributed by atoms with Crippen molar-refractivity contribution in [2.24, 2.45) is 5.73 Å². The first-order chi connectivity index (χ1) is 10.0. The molecule has 1 aliphatic carbocycles. The standard InChI is InChI=1S/C15H28N4O2/c1-17-14(21)11-19-8-4-12(5-9-19)18-13(20)10-15(16)6-2-3-7-15/h12H,2-11,16H2,1H3,(H,17,21)(H,18,20). The highest BCUT2D eigenvalue weighted by molar-refractivity contribution is 5.78. The second kappa shape index (κ2) is 7.22. The van der Waals surface area contributed by atoms with Crippen molar-refractivity contribution in [3.05, 3.63) is 0 Å². The number of likely N-dealkylation sites (tertiary alicyclic amines) is 1. The minimum absolute atomic E-state index is 0.0452. The van der Waals surface area contributed by atoms with Crippen molar-refractivity contribution in [1.29, 1.82) is 0 Å². The van der Waals surface area contributed by atoms with E-state index in [-0.39, 0.29) is 23.4 Å². The molecule has 0 aromatic carbocycles. The summed E-state index contributed by atoms with van der Waals surface area (Å²) in [5.74, 6) is 0.132. The van der Waals surface area contributed by atoms with E-state index >= 15 is 0 Å². The van der Waals surface area contributed by atoms with Gasteiger partial charge in [-0.3, -0.25) is 14.5 Å². The van der Waals surface area contributed by atoms with Gasteiger partial charge in [0.15, 0.2) is 0 Å². The fourth-order valence-electron chi connectivity index (χ4n) is 3.37. The van der Waals surface area contributed by atoms with Crippen LogP contribution in [0.3, 0.4) is 0 Å². The molecule has 2 rings (SSSR count). The van der Waals surface area contributed by atoms with Gasteiger partial charge in [-0.05, 0) is 25.7 Å². The number of likely N-dealkylation sites (N-methyl/N-ethyl adjacent to an activating group) is 1. The zero-order valence-corrected chi connectivity index (χ0v) is 13.0. The van der Waals surface area contributed by atoms with Crippen molar-refractivity contribution in [1.82, 2.24) is 15.5 Å². The maximum atomic E-state index is 12.1. The van der Waals surface area contributed by atoms with Crippen molar-refractivity contribution in [3.63, 3.8) is 0 Å². The van der Waals surface area contributed by atoms with Gasteiger partial charge in [-0.2, -0.15) is 0 Å². The number of nitrogens with zero attached hydrogens (tertiary/aromatic N) is 1. The Kier molecular flexibility index (Phi) is 5.58. The summed E-state index contributed by atoms with van der Waals surface area (Å²) >= 11 is 0. The third-order valence-corrected chi connectivity index (χ3v) is 4.71. The number of carbonyl (C=O) groups is 2. The molecule has 2 amide bonds. The van der Waals surface area contributed by atoms with Crippen LogP contribution in [0.4, 0.5) is 0 Å². The van der Waals surface area contributed by atoms with Crippen molar-refractivity contribution in [3.8, 4) is 0 Å². The van der Waals surface area contributed by atoms with Crippen LogP contribution in [0.5, 0.6) is 0 Å². The minimum Gasteiger partial charge on any atom is -0.358 e. The van der Waals surface area contributed by atoms with E-state index in [0.29, 0.717) is 13.0 Å². The Hall–Kier alpha value is -1.14. The number of hydrogen-bond acceptors (Lipinski definition) is 4. The molecule has 1 saturated carbocycles.